The van der Waals surface area contributed by atoms with Crippen LogP contribution in [0.15, 0.2) is 91.0 Å². The quantitative estimate of drug-likeness (QED) is 0.244. The lowest BCUT2D eigenvalue weighted by Gasteiger charge is -2.32. The Kier molecular flexibility index (Phi) is 7.30. The summed E-state index contributed by atoms with van der Waals surface area (Å²) in [7, 11) is 0. The first-order chi connectivity index (χ1) is 18.0. The molecular weight excluding hydrogens is 488 g/mol. The fourth-order valence-corrected chi connectivity index (χ4v) is 5.47. The molecular formula is C29H26N2O5S. The van der Waals surface area contributed by atoms with Crippen LogP contribution in [0.4, 0.5) is 5.69 Å². The number of ether oxygens (including phenoxy) is 1. The smallest absolute Gasteiger partial charge is 0.262 e. The van der Waals surface area contributed by atoms with Gasteiger partial charge >= 0.3 is 0 Å². The third-order valence-corrected chi connectivity index (χ3v) is 7.35. The number of aldehydes is 1. The SMILES string of the molecule is O=Cc1ccc2c(c1)OCCC2NC(=O)CC(c1ccccc1)N(c1ccc2ccccc2c1)S(=O)O. The van der Waals surface area contributed by atoms with E-state index in [0.717, 1.165) is 28.2 Å². The summed E-state index contributed by atoms with van der Waals surface area (Å²) in [6.07, 6.45) is 1.30. The van der Waals surface area contributed by atoms with Crippen molar-refractivity contribution in [1.29, 1.82) is 0 Å². The van der Waals surface area contributed by atoms with Crippen LogP contribution >= 0.6 is 0 Å². The Morgan fingerprint density at radius 1 is 1.03 bits per heavy atom. The lowest BCUT2D eigenvalue weighted by molar-refractivity contribution is -0.122. The van der Waals surface area contributed by atoms with Crippen LogP contribution in [0.5, 0.6) is 5.75 Å². The third kappa shape index (κ3) is 5.40. The number of benzene rings is 4. The van der Waals surface area contributed by atoms with Crippen LogP contribution < -0.4 is 14.4 Å². The van der Waals surface area contributed by atoms with Crippen molar-refractivity contribution < 1.29 is 23.1 Å². The second kappa shape index (κ2) is 10.9. The topological polar surface area (TPSA) is 95.9 Å². The van der Waals surface area contributed by atoms with Gasteiger partial charge in [0.2, 0.25) is 5.91 Å². The number of nitrogens with zero attached hydrogens (tertiary/aromatic N) is 1. The highest BCUT2D eigenvalue weighted by Gasteiger charge is 2.30. The molecule has 5 rings (SSSR count). The van der Waals surface area contributed by atoms with Crippen molar-refractivity contribution in [3.63, 3.8) is 0 Å². The van der Waals surface area contributed by atoms with Gasteiger partial charge in [-0.1, -0.05) is 72.8 Å². The molecule has 1 aliphatic rings. The van der Waals surface area contributed by atoms with Gasteiger partial charge in [-0.25, -0.2) is 4.21 Å². The molecule has 4 aromatic carbocycles. The number of carbonyl (C=O) groups excluding carboxylic acids is 2. The van der Waals surface area contributed by atoms with Crippen molar-refractivity contribution in [3.05, 3.63) is 108 Å². The first-order valence-electron chi connectivity index (χ1n) is 12.0. The molecule has 1 heterocycles. The normalized spacial score (nSPS) is 16.2. The predicted molar refractivity (Wildman–Crippen MR) is 144 cm³/mol. The minimum atomic E-state index is -2.39. The van der Waals surface area contributed by atoms with Crippen LogP contribution in [0.2, 0.25) is 0 Å². The molecule has 0 fully saturated rings. The van der Waals surface area contributed by atoms with E-state index in [4.69, 9.17) is 4.74 Å². The van der Waals surface area contributed by atoms with E-state index >= 15 is 0 Å². The minimum absolute atomic E-state index is 0.0394. The van der Waals surface area contributed by atoms with E-state index in [2.05, 4.69) is 5.32 Å². The van der Waals surface area contributed by atoms with Gasteiger partial charge < -0.3 is 10.1 Å². The van der Waals surface area contributed by atoms with Gasteiger partial charge in [0, 0.05) is 17.5 Å². The van der Waals surface area contributed by atoms with E-state index < -0.39 is 17.3 Å². The number of anilines is 1. The van der Waals surface area contributed by atoms with Gasteiger partial charge in [-0.3, -0.25) is 18.4 Å². The molecule has 188 valence electrons. The van der Waals surface area contributed by atoms with Crippen molar-refractivity contribution >= 4 is 39.9 Å². The highest BCUT2D eigenvalue weighted by atomic mass is 32.2. The molecule has 0 spiro atoms. The fourth-order valence-electron chi connectivity index (χ4n) is 4.76. The molecule has 1 amide bonds. The molecule has 4 aromatic rings. The summed E-state index contributed by atoms with van der Waals surface area (Å²) in [4.78, 5) is 24.5. The maximum Gasteiger partial charge on any atom is 0.262 e. The molecule has 0 bridgehead atoms. The number of nitrogens with one attached hydrogen (secondary N) is 1. The second-order valence-electron chi connectivity index (χ2n) is 8.89. The van der Waals surface area contributed by atoms with Crippen LogP contribution in [-0.2, 0) is 16.1 Å². The van der Waals surface area contributed by atoms with Gasteiger partial charge in [-0.15, -0.1) is 0 Å². The van der Waals surface area contributed by atoms with E-state index in [1.165, 1.54) is 4.31 Å². The van der Waals surface area contributed by atoms with Gasteiger partial charge in [0.05, 0.1) is 30.8 Å². The Hall–Kier alpha value is -4.01. The van der Waals surface area contributed by atoms with E-state index in [0.29, 0.717) is 30.0 Å². The summed E-state index contributed by atoms with van der Waals surface area (Å²) in [5.74, 6) is 0.317. The largest absolute Gasteiger partial charge is 0.493 e. The zero-order valence-electron chi connectivity index (χ0n) is 19.9. The minimum Gasteiger partial charge on any atom is -0.493 e. The Morgan fingerprint density at radius 3 is 2.54 bits per heavy atom. The van der Waals surface area contributed by atoms with Crippen molar-refractivity contribution in [2.24, 2.45) is 0 Å². The van der Waals surface area contributed by atoms with Crippen LogP contribution in [-0.4, -0.2) is 27.6 Å². The summed E-state index contributed by atoms with van der Waals surface area (Å²) in [6, 6.07) is 26.8. The van der Waals surface area contributed by atoms with Gasteiger partial charge in [0.25, 0.3) is 11.3 Å². The van der Waals surface area contributed by atoms with Crippen LogP contribution in [0.25, 0.3) is 10.8 Å². The molecule has 2 N–H and O–H groups in total. The zero-order chi connectivity index (χ0) is 25.8. The maximum atomic E-state index is 13.4. The van der Waals surface area contributed by atoms with E-state index in [9.17, 15) is 18.4 Å². The molecule has 7 nitrogen and oxygen atoms in total. The maximum absolute atomic E-state index is 13.4. The summed E-state index contributed by atoms with van der Waals surface area (Å²) in [5.41, 5.74) is 2.60. The first kappa shape index (κ1) is 24.7. The summed E-state index contributed by atoms with van der Waals surface area (Å²) >= 11 is -2.39. The van der Waals surface area contributed by atoms with Gasteiger partial charge in [0.1, 0.15) is 12.0 Å². The highest BCUT2D eigenvalue weighted by Crippen LogP contribution is 2.35. The van der Waals surface area contributed by atoms with Crippen molar-refractivity contribution in [3.8, 4) is 5.75 Å². The van der Waals surface area contributed by atoms with Crippen LogP contribution in [0.3, 0.4) is 0 Å². The van der Waals surface area contributed by atoms with Gasteiger partial charge in [0.15, 0.2) is 0 Å². The first-order valence-corrected chi connectivity index (χ1v) is 13.0. The summed E-state index contributed by atoms with van der Waals surface area (Å²) in [6.45, 7) is 0.409. The van der Waals surface area contributed by atoms with Crippen molar-refractivity contribution in [2.75, 3.05) is 10.9 Å². The average Bonchev–Trinajstić information content (AvgIpc) is 2.92. The molecule has 37 heavy (non-hydrogen) atoms. The number of hydrogen-bond donors (Lipinski definition) is 2. The predicted octanol–water partition coefficient (Wildman–Crippen LogP) is 5.37. The lowest BCUT2D eigenvalue weighted by Crippen LogP contribution is -2.37. The average molecular weight is 515 g/mol. The number of carbonyl (C=O) groups is 2. The Balaban J connectivity index is 1.45. The molecule has 0 saturated heterocycles. The lowest BCUT2D eigenvalue weighted by atomic mass is 9.97. The molecule has 0 saturated carbocycles. The molecule has 3 unspecified atom stereocenters. The standard InChI is InChI=1S/C29H26N2O5S/c32-19-20-10-13-25-26(14-15-36-28(25)16-20)30-29(33)18-27(22-7-2-1-3-8-22)31(37(34)35)24-12-11-21-6-4-5-9-23(21)17-24/h1-13,16-17,19,26-27H,14-15,18H2,(H,30,33)(H,34,35). The van der Waals surface area contributed by atoms with Crippen molar-refractivity contribution in [2.45, 2.75) is 24.9 Å². The van der Waals surface area contributed by atoms with Gasteiger partial charge in [-0.05, 0) is 34.5 Å². The number of hydrogen-bond acceptors (Lipinski definition) is 4. The molecule has 0 radical (unpaired) electrons. The molecule has 0 aliphatic carbocycles. The molecule has 3 atom stereocenters. The summed E-state index contributed by atoms with van der Waals surface area (Å²) < 4.78 is 30.2. The highest BCUT2D eigenvalue weighted by molar-refractivity contribution is 7.80. The molecule has 0 aromatic heterocycles. The van der Waals surface area contributed by atoms with Gasteiger partial charge in [-0.2, -0.15) is 0 Å². The number of rotatable bonds is 8. The number of fused-ring (bicyclic) bond motifs is 2. The summed E-state index contributed by atoms with van der Waals surface area (Å²) in [5, 5.41) is 5.02. The number of amides is 1. The molecule has 8 heteroatoms. The molecule has 1 aliphatic heterocycles. The third-order valence-electron chi connectivity index (χ3n) is 6.55. The van der Waals surface area contributed by atoms with E-state index in [1.807, 2.05) is 66.7 Å². The van der Waals surface area contributed by atoms with Crippen LogP contribution in [0.1, 0.15) is 46.4 Å². The van der Waals surface area contributed by atoms with E-state index in [-0.39, 0.29) is 18.4 Å². The van der Waals surface area contributed by atoms with E-state index in [1.54, 1.807) is 24.3 Å². The Labute approximate surface area is 217 Å². The second-order valence-corrected chi connectivity index (χ2v) is 9.75. The zero-order valence-corrected chi connectivity index (χ0v) is 20.8. The Bertz CT molecular complexity index is 1460. The van der Waals surface area contributed by atoms with Crippen LogP contribution in [0, 0.1) is 0 Å². The van der Waals surface area contributed by atoms with Crippen molar-refractivity contribution in [1.82, 2.24) is 5.32 Å². The fraction of sp³-hybridized carbons (Fsp3) is 0.172. The Morgan fingerprint density at radius 2 is 1.78 bits per heavy atom. The monoisotopic (exact) mass is 514 g/mol.